The molecule has 2 aromatic rings. The number of ether oxygens (including phenoxy) is 1. The number of benzene rings is 2. The summed E-state index contributed by atoms with van der Waals surface area (Å²) in [6.45, 7) is 10.2. The zero-order chi connectivity index (χ0) is 16.5. The van der Waals surface area contributed by atoms with E-state index in [1.165, 1.54) is 11.1 Å². The second-order valence-electron chi connectivity index (χ2n) is 6.13. The van der Waals surface area contributed by atoms with Crippen molar-refractivity contribution in [2.45, 2.75) is 38.7 Å². The second-order valence-corrected chi connectivity index (χ2v) is 6.13. The summed E-state index contributed by atoms with van der Waals surface area (Å²) in [6, 6.07) is 20.9. The minimum atomic E-state index is 0.143. The quantitative estimate of drug-likeness (QED) is 0.425. The molecule has 0 saturated heterocycles. The first-order valence-electron chi connectivity index (χ1n) is 8.20. The molecule has 0 aromatic heterocycles. The summed E-state index contributed by atoms with van der Waals surface area (Å²) in [5, 5.41) is 0. The fraction of sp³-hybridized carbons (Fsp3) is 0.273. The lowest BCUT2D eigenvalue weighted by Gasteiger charge is -2.21. The van der Waals surface area contributed by atoms with Crippen LogP contribution in [0.2, 0.25) is 0 Å². The van der Waals surface area contributed by atoms with Crippen LogP contribution in [0.4, 0.5) is 0 Å². The molecule has 0 radical (unpaired) electrons. The molecule has 0 aliphatic rings. The third kappa shape index (κ3) is 6.56. The standard InChI is InChI=1S/C22H26O/c1-18(2)16-22(15-14-20-10-6-4-7-11-20)23-19(3)17-21-12-8-5-9-13-21/h4-13,22H,1,3,14-17H2,2H3. The fourth-order valence-corrected chi connectivity index (χ4v) is 2.66. The van der Waals surface area contributed by atoms with Crippen molar-refractivity contribution < 1.29 is 4.74 Å². The Labute approximate surface area is 140 Å². The molecule has 0 aliphatic heterocycles. The van der Waals surface area contributed by atoms with Crippen molar-refractivity contribution in [2.75, 3.05) is 0 Å². The van der Waals surface area contributed by atoms with Crippen LogP contribution in [0.3, 0.4) is 0 Å². The Kier molecular flexibility index (Phi) is 6.68. The van der Waals surface area contributed by atoms with Crippen LogP contribution in [-0.4, -0.2) is 6.10 Å². The summed E-state index contributed by atoms with van der Waals surface area (Å²) in [7, 11) is 0. The Morgan fingerprint density at radius 3 is 2.04 bits per heavy atom. The monoisotopic (exact) mass is 306 g/mol. The Hall–Kier alpha value is -2.28. The lowest BCUT2D eigenvalue weighted by atomic mass is 10.0. The molecule has 120 valence electrons. The van der Waals surface area contributed by atoms with Gasteiger partial charge in [-0.25, -0.2) is 0 Å². The third-order valence-electron chi connectivity index (χ3n) is 3.75. The van der Waals surface area contributed by atoms with Crippen LogP contribution in [0.5, 0.6) is 0 Å². The van der Waals surface area contributed by atoms with Gasteiger partial charge in [-0.15, -0.1) is 6.58 Å². The van der Waals surface area contributed by atoms with Gasteiger partial charge in [0.15, 0.2) is 0 Å². The summed E-state index contributed by atoms with van der Waals surface area (Å²) in [5.74, 6) is 0.829. The largest absolute Gasteiger partial charge is 0.495 e. The lowest BCUT2D eigenvalue weighted by Crippen LogP contribution is -2.15. The Morgan fingerprint density at radius 1 is 0.913 bits per heavy atom. The zero-order valence-electron chi connectivity index (χ0n) is 14.0. The predicted octanol–water partition coefficient (Wildman–Crippen LogP) is 5.73. The van der Waals surface area contributed by atoms with Gasteiger partial charge in [0.1, 0.15) is 6.10 Å². The number of aryl methyl sites for hydroxylation is 1. The van der Waals surface area contributed by atoms with Crippen LogP contribution in [0.1, 0.15) is 30.9 Å². The molecule has 0 saturated carbocycles. The van der Waals surface area contributed by atoms with Gasteiger partial charge in [-0.2, -0.15) is 0 Å². The average Bonchev–Trinajstić information content (AvgIpc) is 2.54. The van der Waals surface area contributed by atoms with E-state index >= 15 is 0 Å². The van der Waals surface area contributed by atoms with Crippen molar-refractivity contribution in [1.82, 2.24) is 0 Å². The van der Waals surface area contributed by atoms with Gasteiger partial charge in [-0.05, 0) is 30.9 Å². The van der Waals surface area contributed by atoms with E-state index in [0.717, 1.165) is 37.0 Å². The van der Waals surface area contributed by atoms with Crippen molar-refractivity contribution in [1.29, 1.82) is 0 Å². The summed E-state index contributed by atoms with van der Waals surface area (Å²) in [5.41, 5.74) is 3.72. The van der Waals surface area contributed by atoms with E-state index in [-0.39, 0.29) is 6.10 Å². The molecule has 0 fully saturated rings. The first-order chi connectivity index (χ1) is 11.1. The first-order valence-corrected chi connectivity index (χ1v) is 8.20. The molecule has 1 heteroatoms. The van der Waals surface area contributed by atoms with Crippen LogP contribution in [-0.2, 0) is 17.6 Å². The maximum Gasteiger partial charge on any atom is 0.102 e. The van der Waals surface area contributed by atoms with Gasteiger partial charge in [0.05, 0.1) is 5.76 Å². The molecule has 0 amide bonds. The fourth-order valence-electron chi connectivity index (χ4n) is 2.66. The molecule has 0 spiro atoms. The van der Waals surface area contributed by atoms with Gasteiger partial charge < -0.3 is 4.74 Å². The van der Waals surface area contributed by atoms with Crippen LogP contribution in [0, 0.1) is 0 Å². The Balaban J connectivity index is 1.89. The maximum atomic E-state index is 6.13. The molecule has 2 rings (SSSR count). The number of allylic oxidation sites excluding steroid dienone is 1. The SMILES string of the molecule is C=C(C)CC(CCc1ccccc1)OC(=C)Cc1ccccc1. The summed E-state index contributed by atoms with van der Waals surface area (Å²) in [4.78, 5) is 0. The zero-order valence-corrected chi connectivity index (χ0v) is 14.0. The van der Waals surface area contributed by atoms with E-state index < -0.39 is 0 Å². The van der Waals surface area contributed by atoms with E-state index in [0.29, 0.717) is 0 Å². The lowest BCUT2D eigenvalue weighted by molar-refractivity contribution is 0.106. The van der Waals surface area contributed by atoms with Crippen LogP contribution in [0.25, 0.3) is 0 Å². The van der Waals surface area contributed by atoms with Gasteiger partial charge in [0.25, 0.3) is 0 Å². The highest BCUT2D eigenvalue weighted by Crippen LogP contribution is 2.18. The van der Waals surface area contributed by atoms with E-state index in [2.05, 4.69) is 56.5 Å². The number of hydrogen-bond acceptors (Lipinski definition) is 1. The van der Waals surface area contributed by atoms with E-state index in [9.17, 15) is 0 Å². The first kappa shape index (κ1) is 17.1. The minimum absolute atomic E-state index is 0.143. The van der Waals surface area contributed by atoms with Gasteiger partial charge in [0, 0.05) is 12.8 Å². The maximum absolute atomic E-state index is 6.13. The molecule has 0 N–H and O–H groups in total. The summed E-state index contributed by atoms with van der Waals surface area (Å²) >= 11 is 0. The molecule has 0 heterocycles. The molecule has 2 aromatic carbocycles. The van der Waals surface area contributed by atoms with E-state index in [4.69, 9.17) is 4.74 Å². The van der Waals surface area contributed by atoms with E-state index in [1.54, 1.807) is 0 Å². The normalized spacial score (nSPS) is 11.7. The van der Waals surface area contributed by atoms with Crippen LogP contribution < -0.4 is 0 Å². The minimum Gasteiger partial charge on any atom is -0.495 e. The molecular weight excluding hydrogens is 280 g/mol. The highest BCUT2D eigenvalue weighted by molar-refractivity contribution is 5.19. The Morgan fingerprint density at radius 2 is 1.48 bits per heavy atom. The average molecular weight is 306 g/mol. The van der Waals surface area contributed by atoms with Crippen molar-refractivity contribution >= 4 is 0 Å². The predicted molar refractivity (Wildman–Crippen MR) is 98.4 cm³/mol. The molecule has 0 aliphatic carbocycles. The summed E-state index contributed by atoms with van der Waals surface area (Å²) < 4.78 is 6.13. The third-order valence-corrected chi connectivity index (χ3v) is 3.75. The van der Waals surface area contributed by atoms with Crippen LogP contribution >= 0.6 is 0 Å². The van der Waals surface area contributed by atoms with Gasteiger partial charge in [0.2, 0.25) is 0 Å². The molecule has 1 atom stereocenters. The smallest absolute Gasteiger partial charge is 0.102 e. The summed E-state index contributed by atoms with van der Waals surface area (Å²) in [6.07, 6.45) is 3.77. The Bertz CT molecular complexity index is 613. The molecule has 1 unspecified atom stereocenters. The van der Waals surface area contributed by atoms with Crippen molar-refractivity contribution in [3.05, 3.63) is 96.3 Å². The highest BCUT2D eigenvalue weighted by Gasteiger charge is 2.12. The molecule has 1 nitrogen and oxygen atoms in total. The van der Waals surface area contributed by atoms with Gasteiger partial charge in [-0.3, -0.25) is 0 Å². The molecule has 0 bridgehead atoms. The van der Waals surface area contributed by atoms with Crippen molar-refractivity contribution in [3.63, 3.8) is 0 Å². The van der Waals surface area contributed by atoms with Crippen molar-refractivity contribution in [2.24, 2.45) is 0 Å². The molecule has 23 heavy (non-hydrogen) atoms. The van der Waals surface area contributed by atoms with E-state index in [1.807, 2.05) is 24.3 Å². The molecular formula is C22H26O. The van der Waals surface area contributed by atoms with Crippen LogP contribution in [0.15, 0.2) is 85.2 Å². The second kappa shape index (κ2) is 8.99. The van der Waals surface area contributed by atoms with Gasteiger partial charge in [-0.1, -0.05) is 72.8 Å². The van der Waals surface area contributed by atoms with Crippen molar-refractivity contribution in [3.8, 4) is 0 Å². The topological polar surface area (TPSA) is 9.23 Å². The highest BCUT2D eigenvalue weighted by atomic mass is 16.5. The number of rotatable bonds is 9. The van der Waals surface area contributed by atoms with Gasteiger partial charge >= 0.3 is 0 Å². The number of hydrogen-bond donors (Lipinski definition) is 0.